The zero-order chi connectivity index (χ0) is 34.1. The first-order valence-electron chi connectivity index (χ1n) is 17.2. The Morgan fingerprint density at radius 2 is 1.80 bits per heavy atom. The van der Waals surface area contributed by atoms with Gasteiger partial charge in [0.25, 0.3) is 0 Å². The maximum atomic E-state index is 12.8. The Morgan fingerprint density at radius 1 is 1.04 bits per heavy atom. The number of likely N-dealkylation sites (N-methyl/N-ethyl adjacent to an activating group) is 1. The number of aliphatic hydroxyl groups is 1. The third-order valence-corrected chi connectivity index (χ3v) is 11.3. The SMILES string of the molecule is CCN(CC)CCOC(=O)CC1(CS[C@H](CCc2ccccc2C(C)(C)O)c2cccc(C=Cc3ccc4ccc(Cl)cc4n3)c2)CC1.Cl. The highest BCUT2D eigenvalue weighted by Gasteiger charge is 2.45. The molecule has 1 N–H and O–H groups in total. The third kappa shape index (κ3) is 11.3. The number of carbonyl (C=O) groups excluding carboxylic acids is 1. The summed E-state index contributed by atoms with van der Waals surface area (Å²) in [4.78, 5) is 19.9. The smallest absolute Gasteiger partial charge is 0.306 e. The fourth-order valence-corrected chi connectivity index (χ4v) is 7.96. The Morgan fingerprint density at radius 3 is 2.53 bits per heavy atom. The molecule has 1 atom stereocenters. The minimum absolute atomic E-state index is 0. The molecule has 1 aliphatic rings. The summed E-state index contributed by atoms with van der Waals surface area (Å²) in [7, 11) is 0. The van der Waals surface area contributed by atoms with E-state index in [1.54, 1.807) is 0 Å². The number of hydrogen-bond acceptors (Lipinski definition) is 6. The quantitative estimate of drug-likeness (QED) is 0.110. The summed E-state index contributed by atoms with van der Waals surface area (Å²) >= 11 is 8.17. The molecule has 0 aliphatic heterocycles. The number of carbonyl (C=O) groups is 1. The molecule has 0 unspecified atom stereocenters. The van der Waals surface area contributed by atoms with Crippen LogP contribution in [0.2, 0.25) is 5.02 Å². The first-order chi connectivity index (χ1) is 23.1. The lowest BCUT2D eigenvalue weighted by Crippen LogP contribution is -2.28. The highest BCUT2D eigenvalue weighted by atomic mass is 35.5. The van der Waals surface area contributed by atoms with Gasteiger partial charge in [0.2, 0.25) is 0 Å². The maximum absolute atomic E-state index is 12.8. The fraction of sp³-hybridized carbons (Fsp3) is 0.415. The number of rotatable bonds is 17. The van der Waals surface area contributed by atoms with Crippen molar-refractivity contribution in [3.8, 4) is 0 Å². The largest absolute Gasteiger partial charge is 0.464 e. The van der Waals surface area contributed by atoms with Crippen LogP contribution in [0.4, 0.5) is 0 Å². The van der Waals surface area contributed by atoms with Crippen molar-refractivity contribution in [1.82, 2.24) is 9.88 Å². The third-order valence-electron chi connectivity index (χ3n) is 9.39. The number of nitrogens with zero attached hydrogens (tertiary/aromatic N) is 2. The number of esters is 1. The van der Waals surface area contributed by atoms with Crippen molar-refractivity contribution in [2.24, 2.45) is 5.41 Å². The minimum Gasteiger partial charge on any atom is -0.464 e. The molecule has 3 aromatic carbocycles. The van der Waals surface area contributed by atoms with Crippen molar-refractivity contribution < 1.29 is 14.6 Å². The molecule has 0 radical (unpaired) electrons. The Bertz CT molecular complexity index is 1710. The van der Waals surface area contributed by atoms with Crippen LogP contribution in [0.5, 0.6) is 0 Å². The molecule has 5 rings (SSSR count). The zero-order valence-corrected chi connectivity index (χ0v) is 31.6. The van der Waals surface area contributed by atoms with Gasteiger partial charge < -0.3 is 14.7 Å². The van der Waals surface area contributed by atoms with Crippen molar-refractivity contribution in [3.05, 3.63) is 112 Å². The second kappa shape index (κ2) is 17.9. The average molecular weight is 722 g/mol. The van der Waals surface area contributed by atoms with Crippen molar-refractivity contribution in [2.75, 3.05) is 32.0 Å². The number of hydrogen-bond donors (Lipinski definition) is 1. The summed E-state index contributed by atoms with van der Waals surface area (Å²) in [5, 5.41) is 12.8. The number of ether oxygens (including phenoxy) is 1. The second-order valence-electron chi connectivity index (χ2n) is 13.6. The van der Waals surface area contributed by atoms with Gasteiger partial charge in [-0.1, -0.05) is 92.2 Å². The number of pyridine rings is 1. The molecule has 262 valence electrons. The topological polar surface area (TPSA) is 62.7 Å². The molecule has 1 heterocycles. The lowest BCUT2D eigenvalue weighted by Gasteiger charge is -2.24. The number of thioether (sulfide) groups is 1. The van der Waals surface area contributed by atoms with Gasteiger partial charge >= 0.3 is 5.97 Å². The molecule has 8 heteroatoms. The maximum Gasteiger partial charge on any atom is 0.306 e. The Hall–Kier alpha value is -2.87. The van der Waals surface area contributed by atoms with Gasteiger partial charge in [-0.15, -0.1) is 12.4 Å². The molecule has 49 heavy (non-hydrogen) atoms. The van der Waals surface area contributed by atoms with Crippen LogP contribution in [0, 0.1) is 5.41 Å². The number of aryl methyl sites for hydroxylation is 1. The van der Waals surface area contributed by atoms with E-state index in [0.717, 1.165) is 78.8 Å². The van der Waals surface area contributed by atoms with Gasteiger partial charge in [0.15, 0.2) is 0 Å². The molecule has 1 saturated carbocycles. The van der Waals surface area contributed by atoms with E-state index >= 15 is 0 Å². The molecule has 0 bridgehead atoms. The van der Waals surface area contributed by atoms with Crippen LogP contribution in [0.25, 0.3) is 23.1 Å². The van der Waals surface area contributed by atoms with Crippen molar-refractivity contribution in [3.63, 3.8) is 0 Å². The summed E-state index contributed by atoms with van der Waals surface area (Å²) in [5.41, 5.74) is 5.39. The van der Waals surface area contributed by atoms with E-state index in [9.17, 15) is 9.90 Å². The van der Waals surface area contributed by atoms with Crippen LogP contribution in [0.1, 0.15) is 86.6 Å². The van der Waals surface area contributed by atoms with Crippen LogP contribution in [-0.4, -0.2) is 53.0 Å². The fourth-order valence-electron chi connectivity index (χ4n) is 6.22. The van der Waals surface area contributed by atoms with E-state index in [4.69, 9.17) is 21.3 Å². The van der Waals surface area contributed by atoms with Gasteiger partial charge in [-0.05, 0) is 105 Å². The normalized spacial score (nSPS) is 14.6. The van der Waals surface area contributed by atoms with Crippen LogP contribution in [0.15, 0.2) is 78.9 Å². The number of aromatic nitrogens is 1. The van der Waals surface area contributed by atoms with Gasteiger partial charge in [-0.3, -0.25) is 4.79 Å². The average Bonchev–Trinajstić information content (AvgIpc) is 3.84. The first kappa shape index (κ1) is 38.9. The van der Waals surface area contributed by atoms with E-state index in [1.807, 2.05) is 68.1 Å². The molecule has 0 saturated heterocycles. The summed E-state index contributed by atoms with van der Waals surface area (Å²) in [6.07, 6.45) is 8.54. The molecule has 1 aliphatic carbocycles. The predicted octanol–water partition coefficient (Wildman–Crippen LogP) is 10.2. The summed E-state index contributed by atoms with van der Waals surface area (Å²) in [6.45, 7) is 11.1. The van der Waals surface area contributed by atoms with Gasteiger partial charge in [-0.2, -0.15) is 11.8 Å². The van der Waals surface area contributed by atoms with E-state index in [2.05, 4.69) is 67.3 Å². The lowest BCUT2D eigenvalue weighted by atomic mass is 9.90. The first-order valence-corrected chi connectivity index (χ1v) is 18.6. The Kier molecular flexibility index (Phi) is 14.2. The molecular weight excluding hydrogens is 671 g/mol. The molecule has 4 aromatic rings. The van der Waals surface area contributed by atoms with Crippen molar-refractivity contribution in [2.45, 2.75) is 70.7 Å². The van der Waals surface area contributed by atoms with Gasteiger partial charge in [0.05, 0.1) is 23.2 Å². The van der Waals surface area contributed by atoms with Crippen molar-refractivity contribution in [1.29, 1.82) is 0 Å². The van der Waals surface area contributed by atoms with Crippen LogP contribution >= 0.6 is 35.8 Å². The van der Waals surface area contributed by atoms with Gasteiger partial charge in [0.1, 0.15) is 6.61 Å². The highest BCUT2D eigenvalue weighted by molar-refractivity contribution is 7.99. The summed E-state index contributed by atoms with van der Waals surface area (Å²) in [5.74, 6) is 0.840. The van der Waals surface area contributed by atoms with Crippen LogP contribution in [0.3, 0.4) is 0 Å². The Labute approximate surface area is 307 Å². The number of halogens is 2. The minimum atomic E-state index is -0.907. The predicted molar refractivity (Wildman–Crippen MR) is 210 cm³/mol. The highest BCUT2D eigenvalue weighted by Crippen LogP contribution is 2.53. The van der Waals surface area contributed by atoms with Crippen LogP contribution in [-0.2, 0) is 21.6 Å². The summed E-state index contributed by atoms with van der Waals surface area (Å²) < 4.78 is 5.67. The van der Waals surface area contributed by atoms with E-state index in [1.165, 1.54) is 11.1 Å². The van der Waals surface area contributed by atoms with Gasteiger partial charge in [0, 0.05) is 28.0 Å². The monoisotopic (exact) mass is 720 g/mol. The lowest BCUT2D eigenvalue weighted by molar-refractivity contribution is -0.145. The zero-order valence-electron chi connectivity index (χ0n) is 29.2. The molecule has 1 aromatic heterocycles. The van der Waals surface area contributed by atoms with Gasteiger partial charge in [-0.25, -0.2) is 4.98 Å². The molecular formula is C41H50Cl2N2O3S. The van der Waals surface area contributed by atoms with Crippen LogP contribution < -0.4 is 0 Å². The van der Waals surface area contributed by atoms with E-state index in [0.29, 0.717) is 18.1 Å². The summed E-state index contributed by atoms with van der Waals surface area (Å²) in [6, 6.07) is 26.8. The standard InChI is InChI=1S/C41H49ClN2O3S.ClH/c1-5-44(6-2)24-25-47-39(45)28-41(22-23-41)29-48-38(21-17-31-11-7-8-13-36(31)40(3,4)46)33-12-9-10-30(26-33)14-19-35-20-16-32-15-18-34(42)27-37(32)43-35;/h7-16,18-20,26-27,38,46H,5-6,17,21-25,28-29H2,1-4H3;1H/t38-;/m1./s1. The molecule has 0 amide bonds. The molecule has 5 nitrogen and oxygen atoms in total. The number of fused-ring (bicyclic) bond motifs is 1. The van der Waals surface area contributed by atoms with E-state index in [-0.39, 0.29) is 29.0 Å². The second-order valence-corrected chi connectivity index (χ2v) is 15.2. The van der Waals surface area contributed by atoms with E-state index < -0.39 is 5.60 Å². The van der Waals surface area contributed by atoms with Crippen molar-refractivity contribution >= 4 is 64.8 Å². The molecule has 0 spiro atoms. The molecule has 1 fully saturated rings. The Balaban J connectivity index is 0.00000541. The number of benzene rings is 3.